The Morgan fingerprint density at radius 1 is 0.972 bits per heavy atom. The van der Waals surface area contributed by atoms with Gasteiger partial charge in [0.15, 0.2) is 0 Å². The van der Waals surface area contributed by atoms with Crippen molar-refractivity contribution in [1.29, 1.82) is 0 Å². The molecule has 0 radical (unpaired) electrons. The molecule has 36 heavy (non-hydrogen) atoms. The molecule has 10 atom stereocenters. The lowest BCUT2D eigenvalue weighted by atomic mass is 9.47. The van der Waals surface area contributed by atoms with E-state index in [1.165, 1.54) is 57.8 Å². The van der Waals surface area contributed by atoms with Gasteiger partial charge in [0.25, 0.3) is 0 Å². The van der Waals surface area contributed by atoms with Gasteiger partial charge in [-0.05, 0) is 118 Å². The predicted octanol–water partition coefficient (Wildman–Crippen LogP) is 8.61. The van der Waals surface area contributed by atoms with E-state index in [-0.39, 0.29) is 18.3 Å². The zero-order chi connectivity index (χ0) is 25.7. The van der Waals surface area contributed by atoms with Gasteiger partial charge in [-0.25, -0.2) is 0 Å². The molecule has 1 heterocycles. The maximum absolute atomic E-state index is 6.39. The van der Waals surface area contributed by atoms with Gasteiger partial charge < -0.3 is 14.0 Å². The van der Waals surface area contributed by atoms with E-state index >= 15 is 0 Å². The van der Waals surface area contributed by atoms with Crippen LogP contribution >= 0.6 is 0 Å². The molecule has 5 aliphatic rings. The topological polar surface area (TPSA) is 27.7 Å². The summed E-state index contributed by atoms with van der Waals surface area (Å²) in [6.45, 7) is 16.9. The number of hydrogen-bond acceptors (Lipinski definition) is 3. The van der Waals surface area contributed by atoms with Crippen molar-refractivity contribution in [2.24, 2.45) is 46.3 Å². The molecule has 4 aliphatic carbocycles. The molecule has 0 N–H and O–H groups in total. The zero-order valence-corrected chi connectivity index (χ0v) is 24.6. The summed E-state index contributed by atoms with van der Waals surface area (Å²) in [5.41, 5.74) is 2.64. The van der Waals surface area contributed by atoms with Crippen LogP contribution in [0.15, 0.2) is 11.6 Å². The Balaban J connectivity index is 1.23. The molecule has 1 aliphatic heterocycles. The highest BCUT2D eigenvalue weighted by molar-refractivity contribution is 6.36. The first kappa shape index (κ1) is 27.3. The van der Waals surface area contributed by atoms with Crippen molar-refractivity contribution in [3.63, 3.8) is 0 Å². The second kappa shape index (κ2) is 10.7. The van der Waals surface area contributed by atoms with E-state index in [4.69, 9.17) is 14.0 Å². The third kappa shape index (κ3) is 5.14. The lowest BCUT2D eigenvalue weighted by molar-refractivity contribution is -0.0677. The van der Waals surface area contributed by atoms with Gasteiger partial charge in [-0.15, -0.1) is 0 Å². The number of rotatable bonds is 7. The first-order chi connectivity index (χ1) is 17.1. The first-order valence-corrected chi connectivity index (χ1v) is 15.8. The van der Waals surface area contributed by atoms with E-state index < -0.39 is 7.32 Å². The fourth-order valence-electron chi connectivity index (χ4n) is 9.98. The highest BCUT2D eigenvalue weighted by Gasteiger charge is 2.59. The van der Waals surface area contributed by atoms with Gasteiger partial charge >= 0.3 is 7.32 Å². The maximum Gasteiger partial charge on any atom is 0.640 e. The number of fused-ring (bicyclic) bond motifs is 5. The van der Waals surface area contributed by atoms with Crippen LogP contribution in [0.2, 0.25) is 0 Å². The molecule has 0 aromatic rings. The van der Waals surface area contributed by atoms with E-state index in [0.717, 1.165) is 54.8 Å². The van der Waals surface area contributed by atoms with Crippen molar-refractivity contribution in [2.45, 2.75) is 144 Å². The van der Waals surface area contributed by atoms with Gasteiger partial charge in [0.05, 0.1) is 0 Å². The van der Waals surface area contributed by atoms with Crippen LogP contribution < -0.4 is 0 Å². The Bertz CT molecular complexity index is 786. The van der Waals surface area contributed by atoms with Crippen molar-refractivity contribution >= 4 is 7.32 Å². The molecule has 0 amide bonds. The molecule has 0 spiro atoms. The minimum absolute atomic E-state index is 0.215. The van der Waals surface area contributed by atoms with Gasteiger partial charge in [0, 0.05) is 18.3 Å². The Kier molecular flexibility index (Phi) is 8.09. The van der Waals surface area contributed by atoms with E-state index in [0.29, 0.717) is 10.8 Å². The lowest BCUT2D eigenvalue weighted by Crippen LogP contribution is -2.51. The quantitative estimate of drug-likeness (QED) is 0.260. The average Bonchev–Trinajstić information content (AvgIpc) is 3.15. The second-order valence-corrected chi connectivity index (χ2v) is 14.7. The fourth-order valence-corrected chi connectivity index (χ4v) is 9.98. The number of hydrogen-bond donors (Lipinski definition) is 0. The molecule has 4 fully saturated rings. The molecular formula is C32H55BO3. The summed E-state index contributed by atoms with van der Waals surface area (Å²) in [5, 5.41) is 0. The summed E-state index contributed by atoms with van der Waals surface area (Å²) in [7, 11) is -0.483. The molecule has 3 nitrogen and oxygen atoms in total. The molecule has 10 unspecified atom stereocenters. The molecule has 0 aromatic heterocycles. The van der Waals surface area contributed by atoms with Crippen LogP contribution in [0.4, 0.5) is 0 Å². The second-order valence-electron chi connectivity index (χ2n) is 14.7. The minimum atomic E-state index is -0.483. The zero-order valence-electron chi connectivity index (χ0n) is 24.6. The van der Waals surface area contributed by atoms with Crippen LogP contribution in [0.25, 0.3) is 0 Å². The van der Waals surface area contributed by atoms with Crippen molar-refractivity contribution in [1.82, 2.24) is 0 Å². The summed E-state index contributed by atoms with van der Waals surface area (Å²) in [6.07, 6.45) is 19.2. The molecule has 1 saturated heterocycles. The maximum atomic E-state index is 6.39. The normalized spacial score (nSPS) is 45.6. The van der Waals surface area contributed by atoms with E-state index in [1.54, 1.807) is 5.57 Å². The van der Waals surface area contributed by atoms with Crippen molar-refractivity contribution in [3.05, 3.63) is 11.6 Å². The van der Waals surface area contributed by atoms with Gasteiger partial charge in [0.1, 0.15) is 0 Å². The van der Waals surface area contributed by atoms with Crippen LogP contribution in [0.5, 0.6) is 0 Å². The fraction of sp³-hybridized carbons (Fsp3) is 0.938. The van der Waals surface area contributed by atoms with E-state index in [9.17, 15) is 0 Å². The Hall–Kier alpha value is -0.315. The molecular weight excluding hydrogens is 443 g/mol. The van der Waals surface area contributed by atoms with Crippen LogP contribution in [-0.2, 0) is 14.0 Å². The molecule has 3 saturated carbocycles. The molecule has 4 heteroatoms. The van der Waals surface area contributed by atoms with Crippen LogP contribution in [-0.4, -0.2) is 25.6 Å². The highest BCUT2D eigenvalue weighted by atomic mass is 16.7. The van der Waals surface area contributed by atoms with Gasteiger partial charge in [0.2, 0.25) is 0 Å². The van der Waals surface area contributed by atoms with Crippen molar-refractivity contribution in [3.8, 4) is 0 Å². The van der Waals surface area contributed by atoms with Crippen molar-refractivity contribution in [2.75, 3.05) is 0 Å². The predicted molar refractivity (Wildman–Crippen MR) is 149 cm³/mol. The summed E-state index contributed by atoms with van der Waals surface area (Å²) in [5.74, 6) is 5.38. The SMILES string of the molecule is CC(C)CCCC(C)C1CCC2C3CC=C4CC(OB5OC(C)CC(C)O5)CCC4(C)C3CCC12C. The van der Waals surface area contributed by atoms with Gasteiger partial charge in [-0.2, -0.15) is 0 Å². The van der Waals surface area contributed by atoms with Crippen molar-refractivity contribution < 1.29 is 14.0 Å². The molecule has 204 valence electrons. The summed E-state index contributed by atoms with van der Waals surface area (Å²) in [4.78, 5) is 0. The minimum Gasteiger partial charge on any atom is -0.383 e. The standard InChI is InChI=1S/C32H55BO3/c1-21(2)9-8-10-22(3)28-13-14-29-27-12-11-25-20-26(36-33-34-23(4)19-24(5)35-33)15-17-31(25,6)30(27)16-18-32(28,29)7/h11,21-24,26-30H,8-10,12-20H2,1-7H3. The first-order valence-electron chi connectivity index (χ1n) is 15.8. The molecule has 0 aromatic carbocycles. The van der Waals surface area contributed by atoms with E-state index in [1.807, 2.05) is 0 Å². The smallest absolute Gasteiger partial charge is 0.383 e. The summed E-state index contributed by atoms with van der Waals surface area (Å²) < 4.78 is 18.3. The molecule has 0 bridgehead atoms. The number of allylic oxidation sites excluding steroid dienone is 1. The Labute approximate surface area is 223 Å². The Morgan fingerprint density at radius 3 is 2.44 bits per heavy atom. The van der Waals surface area contributed by atoms with Crippen LogP contribution in [0.3, 0.4) is 0 Å². The molecule has 5 rings (SSSR count). The van der Waals surface area contributed by atoms with E-state index in [2.05, 4.69) is 54.5 Å². The largest absolute Gasteiger partial charge is 0.640 e. The van der Waals surface area contributed by atoms with Crippen LogP contribution in [0.1, 0.15) is 126 Å². The Morgan fingerprint density at radius 2 is 1.72 bits per heavy atom. The van der Waals surface area contributed by atoms with Gasteiger partial charge in [-0.1, -0.05) is 65.5 Å². The average molecular weight is 499 g/mol. The van der Waals surface area contributed by atoms with Gasteiger partial charge in [-0.3, -0.25) is 0 Å². The third-order valence-corrected chi connectivity index (χ3v) is 11.9. The van der Waals surface area contributed by atoms with Crippen LogP contribution in [0, 0.1) is 46.3 Å². The summed E-state index contributed by atoms with van der Waals surface area (Å²) >= 11 is 0. The summed E-state index contributed by atoms with van der Waals surface area (Å²) in [6, 6.07) is 0. The monoisotopic (exact) mass is 498 g/mol. The lowest BCUT2D eigenvalue weighted by Gasteiger charge is -2.58. The third-order valence-electron chi connectivity index (χ3n) is 11.9. The highest BCUT2D eigenvalue weighted by Crippen LogP contribution is 2.67.